The minimum absolute atomic E-state index is 0.447. The lowest BCUT2D eigenvalue weighted by atomic mass is 9.86. The summed E-state index contributed by atoms with van der Waals surface area (Å²) in [7, 11) is 1.49. The minimum Gasteiger partial charge on any atom is -0.432 e. The molecule has 1 aliphatic rings. The van der Waals surface area contributed by atoms with Crippen molar-refractivity contribution >= 4 is 24.4 Å². The van der Waals surface area contributed by atoms with Crippen molar-refractivity contribution in [3.63, 3.8) is 0 Å². The fraction of sp³-hybridized carbons (Fsp3) is 0.800. The van der Waals surface area contributed by atoms with Gasteiger partial charge in [0.25, 0.3) is 0 Å². The van der Waals surface area contributed by atoms with Crippen LogP contribution in [0.3, 0.4) is 0 Å². The maximum absolute atomic E-state index is 9.15. The van der Waals surface area contributed by atoms with Crippen molar-refractivity contribution in [1.29, 1.82) is 0 Å². The molecular formula is C5H11BN2OS. The van der Waals surface area contributed by atoms with Gasteiger partial charge in [-0.1, -0.05) is 0 Å². The zero-order valence-electron chi connectivity index (χ0n) is 6.24. The molecule has 0 amide bonds. The lowest BCUT2D eigenvalue weighted by Crippen LogP contribution is -2.39. The Morgan fingerprint density at radius 1 is 1.60 bits per heavy atom. The van der Waals surface area contributed by atoms with E-state index in [-0.39, 0.29) is 0 Å². The van der Waals surface area contributed by atoms with E-state index in [1.807, 2.05) is 11.9 Å². The van der Waals surface area contributed by atoms with Gasteiger partial charge in [0.2, 0.25) is 0 Å². The fourth-order valence-corrected chi connectivity index (χ4v) is 1.35. The van der Waals surface area contributed by atoms with E-state index in [0.717, 1.165) is 18.2 Å². The van der Waals surface area contributed by atoms with Crippen LogP contribution in [0, 0.1) is 0 Å². The predicted molar refractivity (Wildman–Crippen MR) is 45.8 cm³/mol. The van der Waals surface area contributed by atoms with E-state index in [4.69, 9.17) is 17.2 Å². The van der Waals surface area contributed by atoms with Crippen molar-refractivity contribution in [2.75, 3.05) is 20.1 Å². The van der Waals surface area contributed by atoms with E-state index in [9.17, 15) is 0 Å². The van der Waals surface area contributed by atoms with Crippen LogP contribution < -0.4 is 0 Å². The molecule has 56 valence electrons. The molecule has 0 aromatic carbocycles. The zero-order valence-corrected chi connectivity index (χ0v) is 7.06. The van der Waals surface area contributed by atoms with Gasteiger partial charge in [-0.3, -0.25) is 0 Å². The number of likely N-dealkylation sites (N-methyl/N-ethyl adjacent to an activating group) is 1. The average molecular weight is 158 g/mol. The summed E-state index contributed by atoms with van der Waals surface area (Å²) in [6, 6.07) is 0. The van der Waals surface area contributed by atoms with Gasteiger partial charge in [0.1, 0.15) is 0 Å². The van der Waals surface area contributed by atoms with Gasteiger partial charge in [0, 0.05) is 20.1 Å². The molecule has 10 heavy (non-hydrogen) atoms. The number of nitrogens with zero attached hydrogens (tertiary/aromatic N) is 2. The quantitative estimate of drug-likeness (QED) is 0.416. The molecule has 0 aliphatic carbocycles. The zero-order chi connectivity index (χ0) is 7.72. The summed E-state index contributed by atoms with van der Waals surface area (Å²) in [5, 5.41) is 9.90. The van der Waals surface area contributed by atoms with Gasteiger partial charge in [0.15, 0.2) is 5.11 Å². The highest BCUT2D eigenvalue weighted by atomic mass is 32.1. The molecule has 3 nitrogen and oxygen atoms in total. The maximum Gasteiger partial charge on any atom is 0.411 e. The van der Waals surface area contributed by atoms with E-state index >= 15 is 0 Å². The van der Waals surface area contributed by atoms with Crippen LogP contribution >= 0.6 is 12.2 Å². The van der Waals surface area contributed by atoms with Crippen molar-refractivity contribution in [2.45, 2.75) is 6.82 Å². The first-order chi connectivity index (χ1) is 4.63. The Morgan fingerprint density at radius 2 is 2.20 bits per heavy atom. The third kappa shape index (κ3) is 1.25. The average Bonchev–Trinajstić information content (AvgIpc) is 2.14. The van der Waals surface area contributed by atoms with Crippen molar-refractivity contribution in [3.8, 4) is 0 Å². The third-order valence-electron chi connectivity index (χ3n) is 1.70. The van der Waals surface area contributed by atoms with Crippen molar-refractivity contribution < 1.29 is 5.02 Å². The summed E-state index contributed by atoms with van der Waals surface area (Å²) in [6.45, 7) is 3.49. The molecule has 1 rings (SSSR count). The molecule has 1 saturated heterocycles. The Bertz CT molecular complexity index is 153. The summed E-state index contributed by atoms with van der Waals surface area (Å²) < 4.78 is 0. The molecule has 0 atom stereocenters. The van der Waals surface area contributed by atoms with Crippen LogP contribution in [0.5, 0.6) is 0 Å². The van der Waals surface area contributed by atoms with Crippen LogP contribution in [-0.4, -0.2) is 47.0 Å². The normalized spacial score (nSPS) is 18.5. The number of rotatable bonds is 1. The molecule has 0 aromatic heterocycles. The summed E-state index contributed by atoms with van der Waals surface area (Å²) in [4.78, 5) is 3.76. The first-order valence-corrected chi connectivity index (χ1v) is 3.73. The molecule has 0 radical (unpaired) electrons. The Morgan fingerprint density at radius 3 is 2.40 bits per heavy atom. The van der Waals surface area contributed by atoms with Gasteiger partial charge in [-0.15, -0.1) is 0 Å². The number of hydrogen-bond acceptors (Lipinski definition) is 2. The second-order valence-corrected chi connectivity index (χ2v) is 2.89. The predicted octanol–water partition coefficient (Wildman–Crippen LogP) is -0.371. The second kappa shape index (κ2) is 2.76. The second-order valence-electron chi connectivity index (χ2n) is 2.53. The molecule has 5 heteroatoms. The van der Waals surface area contributed by atoms with E-state index in [1.54, 1.807) is 11.6 Å². The highest BCUT2D eigenvalue weighted by Crippen LogP contribution is 2.06. The lowest BCUT2D eigenvalue weighted by molar-refractivity contribution is 0.495. The summed E-state index contributed by atoms with van der Waals surface area (Å²) >= 11 is 5.03. The largest absolute Gasteiger partial charge is 0.432 e. The lowest BCUT2D eigenvalue weighted by Gasteiger charge is -2.18. The molecule has 0 saturated carbocycles. The van der Waals surface area contributed by atoms with Crippen LogP contribution in [0.25, 0.3) is 0 Å². The van der Waals surface area contributed by atoms with Crippen LogP contribution in [0.1, 0.15) is 0 Å². The maximum atomic E-state index is 9.15. The van der Waals surface area contributed by atoms with Gasteiger partial charge in [-0.25, -0.2) is 0 Å². The Hall–Kier alpha value is -0.285. The summed E-state index contributed by atoms with van der Waals surface area (Å²) in [5.41, 5.74) is 0. The van der Waals surface area contributed by atoms with Crippen molar-refractivity contribution in [3.05, 3.63) is 0 Å². The van der Waals surface area contributed by atoms with Crippen molar-refractivity contribution in [1.82, 2.24) is 9.71 Å². The van der Waals surface area contributed by atoms with Crippen LogP contribution in [-0.2, 0) is 0 Å². The Kier molecular flexibility index (Phi) is 2.16. The van der Waals surface area contributed by atoms with Crippen LogP contribution in [0.15, 0.2) is 0 Å². The molecule has 1 heterocycles. The third-order valence-corrected chi connectivity index (χ3v) is 2.25. The van der Waals surface area contributed by atoms with Crippen LogP contribution in [0.4, 0.5) is 0 Å². The fourth-order valence-electron chi connectivity index (χ4n) is 1.01. The van der Waals surface area contributed by atoms with E-state index in [1.165, 1.54) is 0 Å². The van der Waals surface area contributed by atoms with Gasteiger partial charge < -0.3 is 14.7 Å². The van der Waals surface area contributed by atoms with Gasteiger partial charge in [-0.2, -0.15) is 0 Å². The monoisotopic (exact) mass is 158 g/mol. The van der Waals surface area contributed by atoms with Crippen LogP contribution in [0.2, 0.25) is 6.82 Å². The number of thiocarbonyl (C=S) groups is 1. The molecule has 1 N–H and O–H groups in total. The highest BCUT2D eigenvalue weighted by Gasteiger charge is 2.26. The standard InChI is InChI=1S/C5H11BN2OS/c1-6(9)8-4-3-7(2)5(8)10/h9H,3-4H2,1-2H3. The molecule has 0 unspecified atom stereocenters. The summed E-state index contributed by atoms with van der Waals surface area (Å²) in [5.74, 6) is 0. The Labute approximate surface area is 66.7 Å². The first-order valence-electron chi connectivity index (χ1n) is 3.32. The molecule has 0 aromatic rings. The molecule has 1 aliphatic heterocycles. The smallest absolute Gasteiger partial charge is 0.411 e. The van der Waals surface area contributed by atoms with Gasteiger partial charge in [0.05, 0.1) is 0 Å². The van der Waals surface area contributed by atoms with Gasteiger partial charge in [-0.05, 0) is 19.0 Å². The molecule has 1 fully saturated rings. The molecular weight excluding hydrogens is 147 g/mol. The minimum atomic E-state index is -0.447. The molecule has 0 bridgehead atoms. The van der Waals surface area contributed by atoms with Gasteiger partial charge >= 0.3 is 7.05 Å². The van der Waals surface area contributed by atoms with E-state index in [0.29, 0.717) is 0 Å². The number of hydrogen-bond donors (Lipinski definition) is 1. The molecule has 0 spiro atoms. The Balaban J connectivity index is 2.57. The summed E-state index contributed by atoms with van der Waals surface area (Å²) in [6.07, 6.45) is 0. The first kappa shape index (κ1) is 7.82. The van der Waals surface area contributed by atoms with E-state index in [2.05, 4.69) is 0 Å². The van der Waals surface area contributed by atoms with E-state index < -0.39 is 7.05 Å². The highest BCUT2D eigenvalue weighted by molar-refractivity contribution is 7.80. The van der Waals surface area contributed by atoms with Crippen molar-refractivity contribution in [2.24, 2.45) is 0 Å². The SMILES string of the molecule is CB(O)N1CCN(C)C1=S. The topological polar surface area (TPSA) is 26.7 Å².